The average Bonchev–Trinajstić information content (AvgIpc) is 3.16. The summed E-state index contributed by atoms with van der Waals surface area (Å²) >= 11 is 0. The summed E-state index contributed by atoms with van der Waals surface area (Å²) in [5.41, 5.74) is 0.902. The van der Waals surface area contributed by atoms with Crippen LogP contribution in [0.1, 0.15) is 13.8 Å². The zero-order chi connectivity index (χ0) is 22.9. The highest BCUT2D eigenvalue weighted by atomic mass is 32.2. The molecule has 0 fully saturated rings. The van der Waals surface area contributed by atoms with Gasteiger partial charge >= 0.3 is 0 Å². The van der Waals surface area contributed by atoms with Crippen LogP contribution in [0.4, 0.5) is 5.69 Å². The van der Waals surface area contributed by atoms with Gasteiger partial charge in [-0.3, -0.25) is 14.2 Å². The molecule has 2 aromatic carbocycles. The maximum absolute atomic E-state index is 12.8. The first-order valence-electron chi connectivity index (χ1n) is 10.1. The van der Waals surface area contributed by atoms with Crippen LogP contribution in [0, 0.1) is 0 Å². The fourth-order valence-electron chi connectivity index (χ4n) is 3.53. The molecule has 0 aliphatic rings. The predicted molar refractivity (Wildman–Crippen MR) is 121 cm³/mol. The van der Waals surface area contributed by atoms with E-state index in [1.165, 1.54) is 22.8 Å². The lowest BCUT2D eigenvalue weighted by molar-refractivity contribution is -0.116. The number of aromatic nitrogens is 2. The van der Waals surface area contributed by atoms with Gasteiger partial charge in [-0.1, -0.05) is 32.0 Å². The number of nitrogens with one attached hydrogen (secondary N) is 1. The minimum absolute atomic E-state index is 0.0776. The van der Waals surface area contributed by atoms with Gasteiger partial charge in [-0.15, -0.1) is 0 Å². The lowest BCUT2D eigenvalue weighted by atomic mass is 10.2. The van der Waals surface area contributed by atoms with E-state index in [1.54, 1.807) is 38.1 Å². The number of furan rings is 1. The van der Waals surface area contributed by atoms with Gasteiger partial charge in [-0.05, 0) is 30.3 Å². The van der Waals surface area contributed by atoms with E-state index in [2.05, 4.69) is 10.3 Å². The molecule has 0 aliphatic heterocycles. The van der Waals surface area contributed by atoms with E-state index >= 15 is 0 Å². The Morgan fingerprint density at radius 1 is 1.12 bits per heavy atom. The molecule has 2 aromatic heterocycles. The SMILES string of the molecule is CCN(CC)S(=O)(=O)c1cccc(NC(=O)Cn2cnc3c(oc4ccccc43)c2=O)c1. The number of hydrogen-bond acceptors (Lipinski definition) is 6. The molecule has 0 saturated carbocycles. The van der Waals surface area contributed by atoms with E-state index in [1.807, 2.05) is 12.1 Å². The van der Waals surface area contributed by atoms with E-state index in [9.17, 15) is 18.0 Å². The number of para-hydroxylation sites is 1. The summed E-state index contributed by atoms with van der Waals surface area (Å²) in [6.45, 7) is 3.91. The molecule has 4 aromatic rings. The third-order valence-corrected chi connectivity index (χ3v) is 7.17. The smallest absolute Gasteiger partial charge is 0.297 e. The number of rotatable bonds is 7. The number of fused-ring (bicyclic) bond motifs is 3. The molecule has 0 bridgehead atoms. The van der Waals surface area contributed by atoms with Crippen LogP contribution >= 0.6 is 0 Å². The summed E-state index contributed by atoms with van der Waals surface area (Å²) in [7, 11) is -3.66. The van der Waals surface area contributed by atoms with E-state index < -0.39 is 21.5 Å². The topological polar surface area (TPSA) is 115 Å². The summed E-state index contributed by atoms with van der Waals surface area (Å²) in [5, 5.41) is 3.36. The maximum atomic E-state index is 12.8. The van der Waals surface area contributed by atoms with Gasteiger partial charge < -0.3 is 9.73 Å². The summed E-state index contributed by atoms with van der Waals surface area (Å²) in [5.74, 6) is -0.498. The minimum atomic E-state index is -3.66. The second-order valence-corrected chi connectivity index (χ2v) is 9.06. The Balaban J connectivity index is 1.57. The number of benzene rings is 2. The molecule has 0 spiro atoms. The fraction of sp³-hybridized carbons (Fsp3) is 0.227. The number of sulfonamides is 1. The van der Waals surface area contributed by atoms with Crippen molar-refractivity contribution in [1.82, 2.24) is 13.9 Å². The zero-order valence-corrected chi connectivity index (χ0v) is 18.4. The van der Waals surface area contributed by atoms with Crippen LogP contribution in [-0.2, 0) is 21.4 Å². The van der Waals surface area contributed by atoms with Gasteiger partial charge in [0, 0.05) is 24.2 Å². The molecule has 0 atom stereocenters. The zero-order valence-electron chi connectivity index (χ0n) is 17.6. The van der Waals surface area contributed by atoms with Gasteiger partial charge in [0.2, 0.25) is 21.5 Å². The lowest BCUT2D eigenvalue weighted by Gasteiger charge is -2.18. The van der Waals surface area contributed by atoms with Gasteiger partial charge in [0.1, 0.15) is 17.6 Å². The minimum Gasteiger partial charge on any atom is -0.448 e. The third-order valence-electron chi connectivity index (χ3n) is 5.13. The number of nitrogens with zero attached hydrogens (tertiary/aromatic N) is 3. The van der Waals surface area contributed by atoms with Crippen molar-refractivity contribution in [2.75, 3.05) is 18.4 Å². The molecule has 1 amide bonds. The Kier molecular flexibility index (Phi) is 5.81. The summed E-state index contributed by atoms with van der Waals surface area (Å²) in [6, 6.07) is 13.2. The molecule has 10 heteroatoms. The Morgan fingerprint density at radius 2 is 1.88 bits per heavy atom. The molecule has 9 nitrogen and oxygen atoms in total. The van der Waals surface area contributed by atoms with E-state index in [0.29, 0.717) is 29.9 Å². The standard InChI is InChI=1S/C22H22N4O5S/c1-3-26(4-2)32(29,30)16-9-7-8-15(12-16)24-19(27)13-25-14-23-20-17-10-5-6-11-18(17)31-21(20)22(25)28/h5-12,14H,3-4,13H2,1-2H3,(H,24,27). The number of carbonyl (C=O) groups excluding carboxylic acids is 1. The fourth-order valence-corrected chi connectivity index (χ4v) is 5.03. The van der Waals surface area contributed by atoms with Crippen molar-refractivity contribution < 1.29 is 17.6 Å². The molecule has 32 heavy (non-hydrogen) atoms. The van der Waals surface area contributed by atoms with Gasteiger partial charge in [-0.2, -0.15) is 4.31 Å². The Hall–Kier alpha value is -3.50. The van der Waals surface area contributed by atoms with Crippen LogP contribution in [0.2, 0.25) is 0 Å². The molecular weight excluding hydrogens is 432 g/mol. The van der Waals surface area contributed by atoms with Crippen LogP contribution in [0.25, 0.3) is 22.1 Å². The normalized spacial score (nSPS) is 12.0. The van der Waals surface area contributed by atoms with E-state index in [-0.39, 0.29) is 17.0 Å². The van der Waals surface area contributed by atoms with Crippen LogP contribution in [0.5, 0.6) is 0 Å². The first-order chi connectivity index (χ1) is 15.3. The van der Waals surface area contributed by atoms with Crippen molar-refractivity contribution in [2.45, 2.75) is 25.3 Å². The monoisotopic (exact) mass is 454 g/mol. The molecule has 0 unspecified atom stereocenters. The highest BCUT2D eigenvalue weighted by molar-refractivity contribution is 7.89. The second-order valence-electron chi connectivity index (χ2n) is 7.12. The largest absolute Gasteiger partial charge is 0.448 e. The van der Waals surface area contributed by atoms with Crippen molar-refractivity contribution in [3.8, 4) is 0 Å². The van der Waals surface area contributed by atoms with Crippen molar-refractivity contribution in [2.24, 2.45) is 0 Å². The number of hydrogen-bond donors (Lipinski definition) is 1. The summed E-state index contributed by atoms with van der Waals surface area (Å²) in [6.07, 6.45) is 1.30. The molecule has 2 heterocycles. The first kappa shape index (κ1) is 21.7. The molecule has 0 aliphatic carbocycles. The molecule has 166 valence electrons. The first-order valence-corrected chi connectivity index (χ1v) is 11.6. The highest BCUT2D eigenvalue weighted by Crippen LogP contribution is 2.24. The lowest BCUT2D eigenvalue weighted by Crippen LogP contribution is -2.30. The highest BCUT2D eigenvalue weighted by Gasteiger charge is 2.22. The van der Waals surface area contributed by atoms with Crippen molar-refractivity contribution in [3.05, 3.63) is 65.2 Å². The van der Waals surface area contributed by atoms with Crippen LogP contribution in [0.3, 0.4) is 0 Å². The second kappa shape index (κ2) is 8.56. The molecular formula is C22H22N4O5S. The average molecular weight is 455 g/mol. The van der Waals surface area contributed by atoms with Gasteiger partial charge in [0.15, 0.2) is 0 Å². The quantitative estimate of drug-likeness (QED) is 0.459. The van der Waals surface area contributed by atoms with E-state index in [0.717, 1.165) is 9.95 Å². The Morgan fingerprint density at radius 3 is 2.62 bits per heavy atom. The van der Waals surface area contributed by atoms with Gasteiger partial charge in [-0.25, -0.2) is 13.4 Å². The van der Waals surface area contributed by atoms with Crippen molar-refractivity contribution in [3.63, 3.8) is 0 Å². The molecule has 4 rings (SSSR count). The van der Waals surface area contributed by atoms with Crippen LogP contribution in [-0.4, -0.2) is 41.3 Å². The van der Waals surface area contributed by atoms with Gasteiger partial charge in [0.25, 0.3) is 5.56 Å². The number of amides is 1. The number of anilines is 1. The Bertz CT molecular complexity index is 1470. The predicted octanol–water partition coefficient (Wildman–Crippen LogP) is 2.81. The van der Waals surface area contributed by atoms with Crippen LogP contribution < -0.4 is 10.9 Å². The van der Waals surface area contributed by atoms with E-state index in [4.69, 9.17) is 4.42 Å². The molecule has 0 radical (unpaired) electrons. The van der Waals surface area contributed by atoms with Crippen LogP contribution in [0.15, 0.2) is 69.0 Å². The molecule has 0 saturated heterocycles. The summed E-state index contributed by atoms with van der Waals surface area (Å²) in [4.78, 5) is 29.7. The maximum Gasteiger partial charge on any atom is 0.297 e. The van der Waals surface area contributed by atoms with Gasteiger partial charge in [0.05, 0.1) is 11.2 Å². The summed E-state index contributed by atoms with van der Waals surface area (Å²) < 4.78 is 33.5. The van der Waals surface area contributed by atoms with Crippen molar-refractivity contribution in [1.29, 1.82) is 0 Å². The third kappa shape index (κ3) is 3.90. The Labute approximate surface area is 184 Å². The van der Waals surface area contributed by atoms with Crippen molar-refractivity contribution >= 4 is 43.7 Å². The molecule has 1 N–H and O–H groups in total. The number of carbonyl (C=O) groups is 1.